The third-order valence-corrected chi connectivity index (χ3v) is 4.40. The summed E-state index contributed by atoms with van der Waals surface area (Å²) < 4.78 is 5.64. The molecule has 0 saturated carbocycles. The van der Waals surface area contributed by atoms with Crippen molar-refractivity contribution in [3.63, 3.8) is 0 Å². The number of rotatable bonds is 11. The first-order valence-corrected chi connectivity index (χ1v) is 9.59. The van der Waals surface area contributed by atoms with Crippen LogP contribution in [0.3, 0.4) is 0 Å². The SMILES string of the molecule is CCCCOc1ccc(C=C(CCCCc2ccc(N)cc2)C(=O)O)cc1. The standard InChI is InChI=1S/C23H29NO3/c1-2-3-16-27-22-14-10-19(11-15-22)17-20(23(25)26)7-5-4-6-18-8-12-21(24)13-9-18/h8-15,17H,2-7,16,24H2,1H3,(H,25,26). The third kappa shape index (κ3) is 7.57. The Bertz CT molecular complexity index is 733. The quantitative estimate of drug-likeness (QED) is 0.320. The van der Waals surface area contributed by atoms with Gasteiger partial charge in [0, 0.05) is 11.3 Å². The predicted octanol–water partition coefficient (Wildman–Crippen LogP) is 5.33. The number of hydrogen-bond donors (Lipinski definition) is 2. The number of carboxylic acid groups (broad SMARTS) is 1. The summed E-state index contributed by atoms with van der Waals surface area (Å²) in [7, 11) is 0. The average Bonchev–Trinajstić information content (AvgIpc) is 2.67. The molecule has 0 aliphatic rings. The number of aryl methyl sites for hydroxylation is 1. The second kappa shape index (κ2) is 11.1. The number of unbranched alkanes of at least 4 members (excludes halogenated alkanes) is 2. The Labute approximate surface area is 161 Å². The van der Waals surface area contributed by atoms with Crippen molar-refractivity contribution in [3.8, 4) is 5.75 Å². The van der Waals surface area contributed by atoms with Crippen LogP contribution in [0.2, 0.25) is 0 Å². The topological polar surface area (TPSA) is 72.5 Å². The summed E-state index contributed by atoms with van der Waals surface area (Å²) in [6, 6.07) is 15.4. The van der Waals surface area contributed by atoms with Crippen LogP contribution in [0, 0.1) is 0 Å². The minimum Gasteiger partial charge on any atom is -0.494 e. The molecule has 4 nitrogen and oxygen atoms in total. The lowest BCUT2D eigenvalue weighted by atomic mass is 10.0. The van der Waals surface area contributed by atoms with E-state index in [9.17, 15) is 9.90 Å². The molecule has 0 aliphatic carbocycles. The van der Waals surface area contributed by atoms with E-state index < -0.39 is 5.97 Å². The van der Waals surface area contributed by atoms with Crippen LogP contribution in [-0.4, -0.2) is 17.7 Å². The van der Waals surface area contributed by atoms with Gasteiger partial charge in [0.2, 0.25) is 0 Å². The van der Waals surface area contributed by atoms with Gasteiger partial charge in [0.05, 0.1) is 6.61 Å². The molecule has 0 spiro atoms. The van der Waals surface area contributed by atoms with Gasteiger partial charge in [-0.15, -0.1) is 0 Å². The zero-order chi connectivity index (χ0) is 19.5. The van der Waals surface area contributed by atoms with Crippen molar-refractivity contribution in [2.75, 3.05) is 12.3 Å². The number of benzene rings is 2. The maximum atomic E-state index is 11.5. The van der Waals surface area contributed by atoms with Crippen molar-refractivity contribution in [1.29, 1.82) is 0 Å². The van der Waals surface area contributed by atoms with Gasteiger partial charge < -0.3 is 15.6 Å². The molecule has 0 radical (unpaired) electrons. The Balaban J connectivity index is 1.86. The highest BCUT2D eigenvalue weighted by molar-refractivity contribution is 5.92. The van der Waals surface area contributed by atoms with Gasteiger partial charge in [-0.25, -0.2) is 4.79 Å². The highest BCUT2D eigenvalue weighted by Gasteiger charge is 2.07. The Morgan fingerprint density at radius 1 is 1.04 bits per heavy atom. The van der Waals surface area contributed by atoms with Crippen LogP contribution < -0.4 is 10.5 Å². The first-order valence-electron chi connectivity index (χ1n) is 9.59. The van der Waals surface area contributed by atoms with Crippen molar-refractivity contribution in [2.45, 2.75) is 45.4 Å². The van der Waals surface area contributed by atoms with Crippen LogP contribution in [0.1, 0.15) is 50.2 Å². The molecule has 0 fully saturated rings. The molecule has 27 heavy (non-hydrogen) atoms. The molecule has 0 atom stereocenters. The van der Waals surface area contributed by atoms with Crippen LogP contribution in [0.5, 0.6) is 5.75 Å². The van der Waals surface area contributed by atoms with Gasteiger partial charge in [-0.2, -0.15) is 0 Å². The molecule has 0 bridgehead atoms. The first kappa shape index (κ1) is 20.6. The smallest absolute Gasteiger partial charge is 0.331 e. The fourth-order valence-corrected chi connectivity index (χ4v) is 2.77. The van der Waals surface area contributed by atoms with E-state index in [0.717, 1.165) is 49.1 Å². The molecule has 0 amide bonds. The normalized spacial score (nSPS) is 11.4. The van der Waals surface area contributed by atoms with Crippen LogP contribution >= 0.6 is 0 Å². The van der Waals surface area contributed by atoms with Crippen LogP contribution in [-0.2, 0) is 11.2 Å². The molecule has 2 aromatic rings. The first-order chi connectivity index (χ1) is 13.1. The van der Waals surface area contributed by atoms with E-state index >= 15 is 0 Å². The Morgan fingerprint density at radius 3 is 2.37 bits per heavy atom. The summed E-state index contributed by atoms with van der Waals surface area (Å²) in [6.45, 7) is 2.83. The predicted molar refractivity (Wildman–Crippen MR) is 111 cm³/mol. The summed E-state index contributed by atoms with van der Waals surface area (Å²) in [6.07, 6.45) is 7.14. The van der Waals surface area contributed by atoms with Gasteiger partial charge in [-0.05, 0) is 73.6 Å². The molecule has 3 N–H and O–H groups in total. The summed E-state index contributed by atoms with van der Waals surface area (Å²) in [4.78, 5) is 11.5. The summed E-state index contributed by atoms with van der Waals surface area (Å²) >= 11 is 0. The van der Waals surface area contributed by atoms with E-state index in [0.29, 0.717) is 18.6 Å². The van der Waals surface area contributed by atoms with Crippen molar-refractivity contribution >= 4 is 17.7 Å². The van der Waals surface area contributed by atoms with Crippen molar-refractivity contribution in [3.05, 3.63) is 65.2 Å². The molecule has 2 aromatic carbocycles. The Morgan fingerprint density at radius 2 is 1.74 bits per heavy atom. The fourth-order valence-electron chi connectivity index (χ4n) is 2.77. The lowest BCUT2D eigenvalue weighted by Gasteiger charge is -2.06. The molecular weight excluding hydrogens is 338 g/mol. The Kier molecular flexibility index (Phi) is 8.43. The number of aliphatic carboxylic acids is 1. The van der Waals surface area contributed by atoms with E-state index in [1.54, 1.807) is 6.08 Å². The molecule has 0 aromatic heterocycles. The largest absolute Gasteiger partial charge is 0.494 e. The average molecular weight is 367 g/mol. The minimum atomic E-state index is -0.856. The van der Waals surface area contributed by atoms with E-state index in [2.05, 4.69) is 6.92 Å². The second-order valence-corrected chi connectivity index (χ2v) is 6.69. The van der Waals surface area contributed by atoms with Crippen molar-refractivity contribution < 1.29 is 14.6 Å². The van der Waals surface area contributed by atoms with Gasteiger partial charge in [-0.3, -0.25) is 0 Å². The summed E-state index contributed by atoms with van der Waals surface area (Å²) in [5.74, 6) is -0.0354. The second-order valence-electron chi connectivity index (χ2n) is 6.69. The third-order valence-electron chi connectivity index (χ3n) is 4.40. The lowest BCUT2D eigenvalue weighted by molar-refractivity contribution is -0.132. The molecular formula is C23H29NO3. The van der Waals surface area contributed by atoms with E-state index in [1.807, 2.05) is 48.5 Å². The highest BCUT2D eigenvalue weighted by atomic mass is 16.5. The zero-order valence-corrected chi connectivity index (χ0v) is 16.0. The number of anilines is 1. The maximum absolute atomic E-state index is 11.5. The maximum Gasteiger partial charge on any atom is 0.331 e. The molecule has 144 valence electrons. The zero-order valence-electron chi connectivity index (χ0n) is 16.0. The number of ether oxygens (including phenoxy) is 1. The highest BCUT2D eigenvalue weighted by Crippen LogP contribution is 2.18. The van der Waals surface area contributed by atoms with Gasteiger partial charge in [0.25, 0.3) is 0 Å². The molecule has 2 rings (SSSR count). The van der Waals surface area contributed by atoms with Gasteiger partial charge in [0.1, 0.15) is 5.75 Å². The van der Waals surface area contributed by atoms with Crippen LogP contribution in [0.4, 0.5) is 5.69 Å². The van der Waals surface area contributed by atoms with Gasteiger partial charge >= 0.3 is 5.97 Å². The Hall–Kier alpha value is -2.75. The molecule has 0 unspecified atom stereocenters. The number of carbonyl (C=O) groups is 1. The van der Waals surface area contributed by atoms with E-state index in [1.165, 1.54) is 5.56 Å². The number of carboxylic acids is 1. The number of nitrogen functional groups attached to an aromatic ring is 1. The lowest BCUT2D eigenvalue weighted by Crippen LogP contribution is -2.01. The van der Waals surface area contributed by atoms with E-state index in [-0.39, 0.29) is 0 Å². The van der Waals surface area contributed by atoms with Gasteiger partial charge in [-0.1, -0.05) is 37.6 Å². The van der Waals surface area contributed by atoms with Crippen molar-refractivity contribution in [2.24, 2.45) is 0 Å². The van der Waals surface area contributed by atoms with Crippen molar-refractivity contribution in [1.82, 2.24) is 0 Å². The molecule has 0 heterocycles. The molecule has 4 heteroatoms. The fraction of sp³-hybridized carbons (Fsp3) is 0.348. The monoisotopic (exact) mass is 367 g/mol. The number of hydrogen-bond acceptors (Lipinski definition) is 3. The van der Waals surface area contributed by atoms with Crippen LogP contribution in [0.15, 0.2) is 54.1 Å². The van der Waals surface area contributed by atoms with Crippen LogP contribution in [0.25, 0.3) is 6.08 Å². The molecule has 0 saturated heterocycles. The van der Waals surface area contributed by atoms with Gasteiger partial charge in [0.15, 0.2) is 0 Å². The summed E-state index contributed by atoms with van der Waals surface area (Å²) in [5, 5.41) is 9.47. The summed E-state index contributed by atoms with van der Waals surface area (Å²) in [5.41, 5.74) is 8.99. The van der Waals surface area contributed by atoms with E-state index in [4.69, 9.17) is 10.5 Å². The molecule has 0 aliphatic heterocycles. The number of nitrogens with two attached hydrogens (primary N) is 1. The minimum absolute atomic E-state index is 0.437.